The first-order chi connectivity index (χ1) is 9.20. The van der Waals surface area contributed by atoms with Gasteiger partial charge in [0.15, 0.2) is 5.41 Å². The molecule has 3 fully saturated rings. The number of ether oxygens (including phenoxy) is 3. The zero-order valence-electron chi connectivity index (χ0n) is 11.2. The van der Waals surface area contributed by atoms with Crippen LogP contribution in [0.25, 0.3) is 0 Å². The number of esters is 2. The van der Waals surface area contributed by atoms with Crippen LogP contribution >= 0.6 is 0 Å². The van der Waals surface area contributed by atoms with Gasteiger partial charge in [0, 0.05) is 12.5 Å². The molecule has 0 N–H and O–H groups in total. The minimum Gasteiger partial charge on any atom is -0.468 e. The lowest BCUT2D eigenvalue weighted by Crippen LogP contribution is -2.42. The first-order valence-electron chi connectivity index (χ1n) is 7.11. The molecule has 19 heavy (non-hydrogen) atoms. The lowest BCUT2D eigenvalue weighted by Gasteiger charge is -2.30. The molecule has 0 bridgehead atoms. The zero-order valence-corrected chi connectivity index (χ0v) is 11.2. The number of fused-ring (bicyclic) bond motifs is 1. The fourth-order valence-corrected chi connectivity index (χ4v) is 3.92. The third-order valence-corrected chi connectivity index (χ3v) is 4.85. The van der Waals surface area contributed by atoms with Crippen LogP contribution in [0.2, 0.25) is 0 Å². The minimum atomic E-state index is -1.06. The fraction of sp³-hybridized carbons (Fsp3) is 0.857. The number of methoxy groups -OCH3 is 1. The smallest absolute Gasteiger partial charge is 0.324 e. The van der Waals surface area contributed by atoms with Crippen molar-refractivity contribution in [1.29, 1.82) is 0 Å². The lowest BCUT2D eigenvalue weighted by molar-refractivity contribution is -0.165. The second-order valence-corrected chi connectivity index (χ2v) is 5.74. The summed E-state index contributed by atoms with van der Waals surface area (Å²) in [6.45, 7) is 0.719. The van der Waals surface area contributed by atoms with E-state index >= 15 is 0 Å². The molecule has 0 amide bonds. The van der Waals surface area contributed by atoms with Crippen molar-refractivity contribution in [3.05, 3.63) is 0 Å². The number of cyclic esters (lactones) is 1. The van der Waals surface area contributed by atoms with Crippen molar-refractivity contribution >= 4 is 11.9 Å². The van der Waals surface area contributed by atoms with E-state index in [0.29, 0.717) is 6.42 Å². The van der Waals surface area contributed by atoms with Crippen LogP contribution in [0.5, 0.6) is 0 Å². The Balaban J connectivity index is 1.86. The average Bonchev–Trinajstić information content (AvgIpc) is 2.99. The van der Waals surface area contributed by atoms with Crippen LogP contribution in [0.3, 0.4) is 0 Å². The highest BCUT2D eigenvalue weighted by Gasteiger charge is 2.66. The van der Waals surface area contributed by atoms with Gasteiger partial charge in [-0.3, -0.25) is 9.59 Å². The molecule has 2 saturated heterocycles. The molecule has 3 aliphatic rings. The first kappa shape index (κ1) is 12.9. The summed E-state index contributed by atoms with van der Waals surface area (Å²) < 4.78 is 16.1. The summed E-state index contributed by atoms with van der Waals surface area (Å²) in [7, 11) is 1.34. The number of carbonyl (C=O) groups is 2. The summed E-state index contributed by atoms with van der Waals surface area (Å²) in [6.07, 6.45) is 5.00. The van der Waals surface area contributed by atoms with Crippen molar-refractivity contribution in [2.45, 2.75) is 50.7 Å². The number of rotatable bonds is 2. The lowest BCUT2D eigenvalue weighted by atomic mass is 9.76. The van der Waals surface area contributed by atoms with Gasteiger partial charge < -0.3 is 14.2 Å². The van der Waals surface area contributed by atoms with Gasteiger partial charge >= 0.3 is 11.9 Å². The van der Waals surface area contributed by atoms with Crippen LogP contribution in [-0.2, 0) is 23.8 Å². The Morgan fingerprint density at radius 2 is 2.16 bits per heavy atom. The van der Waals surface area contributed by atoms with Gasteiger partial charge in [-0.1, -0.05) is 6.42 Å². The van der Waals surface area contributed by atoms with Crippen LogP contribution in [0.15, 0.2) is 0 Å². The van der Waals surface area contributed by atoms with Crippen molar-refractivity contribution in [3.63, 3.8) is 0 Å². The van der Waals surface area contributed by atoms with E-state index < -0.39 is 17.4 Å². The molecule has 1 saturated carbocycles. The topological polar surface area (TPSA) is 61.8 Å². The molecule has 0 aromatic heterocycles. The molecule has 4 atom stereocenters. The van der Waals surface area contributed by atoms with Gasteiger partial charge in [0.1, 0.15) is 6.10 Å². The molecule has 5 nitrogen and oxygen atoms in total. The van der Waals surface area contributed by atoms with Crippen LogP contribution < -0.4 is 0 Å². The van der Waals surface area contributed by atoms with E-state index in [4.69, 9.17) is 14.2 Å². The molecule has 0 radical (unpaired) electrons. The summed E-state index contributed by atoms with van der Waals surface area (Å²) in [5.41, 5.74) is -1.06. The van der Waals surface area contributed by atoms with E-state index in [0.717, 1.165) is 38.7 Å². The fourth-order valence-electron chi connectivity index (χ4n) is 3.92. The second kappa shape index (κ2) is 4.78. The minimum absolute atomic E-state index is 0.0488. The Labute approximate surface area is 112 Å². The van der Waals surface area contributed by atoms with E-state index in [1.165, 1.54) is 7.11 Å². The summed E-state index contributed by atoms with van der Waals surface area (Å²) in [4.78, 5) is 24.3. The SMILES string of the molecule is COC(=O)C12CCCC1C(C1CCCCO1)OC2=O. The Kier molecular flexibility index (Phi) is 3.25. The summed E-state index contributed by atoms with van der Waals surface area (Å²) >= 11 is 0. The Morgan fingerprint density at radius 1 is 1.32 bits per heavy atom. The largest absolute Gasteiger partial charge is 0.468 e. The van der Waals surface area contributed by atoms with E-state index in [2.05, 4.69) is 0 Å². The maximum atomic E-state index is 12.3. The molecular weight excluding hydrogens is 248 g/mol. The van der Waals surface area contributed by atoms with Crippen molar-refractivity contribution in [2.75, 3.05) is 13.7 Å². The van der Waals surface area contributed by atoms with Crippen molar-refractivity contribution in [3.8, 4) is 0 Å². The monoisotopic (exact) mass is 268 g/mol. The highest BCUT2D eigenvalue weighted by molar-refractivity contribution is 6.02. The second-order valence-electron chi connectivity index (χ2n) is 5.74. The zero-order chi connectivity index (χ0) is 13.5. The number of hydrogen-bond donors (Lipinski definition) is 0. The summed E-state index contributed by atoms with van der Waals surface area (Å²) in [6, 6.07) is 0. The van der Waals surface area contributed by atoms with Gasteiger partial charge in [-0.15, -0.1) is 0 Å². The summed E-state index contributed by atoms with van der Waals surface area (Å²) in [5.74, 6) is -0.908. The third kappa shape index (κ3) is 1.78. The van der Waals surface area contributed by atoms with Gasteiger partial charge in [-0.25, -0.2) is 0 Å². The van der Waals surface area contributed by atoms with Crippen molar-refractivity contribution < 1.29 is 23.8 Å². The number of hydrogen-bond acceptors (Lipinski definition) is 5. The molecule has 0 spiro atoms. The van der Waals surface area contributed by atoms with E-state index in [1.807, 2.05) is 0 Å². The molecule has 1 aliphatic carbocycles. The van der Waals surface area contributed by atoms with Gasteiger partial charge in [0.25, 0.3) is 0 Å². The molecule has 2 heterocycles. The van der Waals surface area contributed by atoms with Crippen LogP contribution in [0, 0.1) is 11.3 Å². The predicted octanol–water partition coefficient (Wildman–Crippen LogP) is 1.44. The van der Waals surface area contributed by atoms with E-state index in [1.54, 1.807) is 0 Å². The maximum Gasteiger partial charge on any atom is 0.324 e. The quantitative estimate of drug-likeness (QED) is 0.560. The normalized spacial score (nSPS) is 41.7. The third-order valence-electron chi connectivity index (χ3n) is 4.85. The average molecular weight is 268 g/mol. The Morgan fingerprint density at radius 3 is 2.84 bits per heavy atom. The first-order valence-corrected chi connectivity index (χ1v) is 7.11. The standard InChI is InChI=1S/C14H20O5/c1-17-12(15)14-7-4-5-9(14)11(19-13(14)16)10-6-2-3-8-18-10/h9-11H,2-8H2,1H3. The molecular formula is C14H20O5. The van der Waals surface area contributed by atoms with E-state index in [9.17, 15) is 9.59 Å². The van der Waals surface area contributed by atoms with E-state index in [-0.39, 0.29) is 18.1 Å². The molecule has 106 valence electrons. The molecule has 5 heteroatoms. The Hall–Kier alpha value is -1.10. The van der Waals surface area contributed by atoms with Crippen LogP contribution in [0.1, 0.15) is 38.5 Å². The molecule has 0 aromatic rings. The molecule has 2 aliphatic heterocycles. The van der Waals surface area contributed by atoms with Gasteiger partial charge in [-0.05, 0) is 32.1 Å². The van der Waals surface area contributed by atoms with Gasteiger partial charge in [0.2, 0.25) is 0 Å². The Bertz CT molecular complexity index is 387. The molecule has 3 rings (SSSR count). The number of carbonyl (C=O) groups excluding carboxylic acids is 2. The molecule has 0 aromatic carbocycles. The van der Waals surface area contributed by atoms with Crippen molar-refractivity contribution in [2.24, 2.45) is 11.3 Å². The highest BCUT2D eigenvalue weighted by Crippen LogP contribution is 2.53. The molecule has 4 unspecified atom stereocenters. The van der Waals surface area contributed by atoms with Crippen LogP contribution in [0.4, 0.5) is 0 Å². The van der Waals surface area contributed by atoms with Gasteiger partial charge in [0.05, 0.1) is 13.2 Å². The predicted molar refractivity (Wildman–Crippen MR) is 65.3 cm³/mol. The van der Waals surface area contributed by atoms with Crippen LogP contribution in [-0.4, -0.2) is 37.9 Å². The van der Waals surface area contributed by atoms with Crippen molar-refractivity contribution in [1.82, 2.24) is 0 Å². The van der Waals surface area contributed by atoms with Gasteiger partial charge in [-0.2, -0.15) is 0 Å². The summed E-state index contributed by atoms with van der Waals surface area (Å²) in [5, 5.41) is 0. The highest BCUT2D eigenvalue weighted by atomic mass is 16.6. The maximum absolute atomic E-state index is 12.3.